The third-order valence-electron chi connectivity index (χ3n) is 2.59. The lowest BCUT2D eigenvalue weighted by molar-refractivity contribution is -0.131. The molecule has 0 unspecified atom stereocenters. The molecule has 0 aliphatic heterocycles. The molecule has 1 N–H and O–H groups in total. The van der Waals surface area contributed by atoms with E-state index >= 15 is 0 Å². The summed E-state index contributed by atoms with van der Waals surface area (Å²) >= 11 is 1.33. The average molecular weight is 267 g/mol. The van der Waals surface area contributed by atoms with Gasteiger partial charge in [0.15, 0.2) is 0 Å². The Morgan fingerprint density at radius 1 is 1.39 bits per heavy atom. The van der Waals surface area contributed by atoms with Crippen LogP contribution >= 0.6 is 11.3 Å². The van der Waals surface area contributed by atoms with Gasteiger partial charge in [-0.1, -0.05) is 0 Å². The number of aliphatic carboxylic acids is 1. The van der Waals surface area contributed by atoms with Crippen molar-refractivity contribution in [2.45, 2.75) is 20.8 Å². The molecule has 0 saturated heterocycles. The molecule has 1 aromatic heterocycles. The molecule has 0 spiro atoms. The van der Waals surface area contributed by atoms with Gasteiger partial charge >= 0.3 is 5.97 Å². The number of carboxylic acid groups (broad SMARTS) is 1. The zero-order valence-electron chi connectivity index (χ0n) is 10.8. The second-order valence-corrected chi connectivity index (χ2v) is 4.89. The maximum absolute atomic E-state index is 12.1. The van der Waals surface area contributed by atoms with E-state index in [0.29, 0.717) is 18.0 Å². The van der Waals surface area contributed by atoms with Crippen molar-refractivity contribution in [1.82, 2.24) is 4.90 Å². The lowest BCUT2D eigenvalue weighted by Crippen LogP contribution is -2.29. The van der Waals surface area contributed by atoms with Gasteiger partial charge in [-0.25, -0.2) is 4.79 Å². The van der Waals surface area contributed by atoms with Crippen LogP contribution < -0.4 is 0 Å². The second kappa shape index (κ2) is 6.35. The molecule has 1 aromatic rings. The summed E-state index contributed by atoms with van der Waals surface area (Å²) in [7, 11) is 0. The van der Waals surface area contributed by atoms with Crippen molar-refractivity contribution in [3.8, 4) is 0 Å². The number of carbonyl (C=O) groups excluding carboxylic acids is 1. The molecule has 98 valence electrons. The van der Waals surface area contributed by atoms with Crippen molar-refractivity contribution in [2.24, 2.45) is 0 Å². The van der Waals surface area contributed by atoms with Gasteiger partial charge in [0.05, 0.1) is 4.88 Å². The normalized spacial score (nSPS) is 10.8. The van der Waals surface area contributed by atoms with E-state index in [2.05, 4.69) is 0 Å². The number of thiophene rings is 1. The largest absolute Gasteiger partial charge is 0.478 e. The smallest absolute Gasteiger partial charge is 0.328 e. The van der Waals surface area contributed by atoms with Crippen molar-refractivity contribution in [3.05, 3.63) is 27.5 Å². The Hall–Kier alpha value is -1.62. The average Bonchev–Trinajstić information content (AvgIpc) is 2.69. The Kier molecular flexibility index (Phi) is 5.09. The van der Waals surface area contributed by atoms with Gasteiger partial charge in [-0.05, 0) is 38.5 Å². The second-order valence-electron chi connectivity index (χ2n) is 3.81. The van der Waals surface area contributed by atoms with Crippen LogP contribution in [0.15, 0.2) is 12.1 Å². The van der Waals surface area contributed by atoms with Crippen LogP contribution in [0.1, 0.15) is 34.0 Å². The quantitative estimate of drug-likeness (QED) is 0.834. The Morgan fingerprint density at radius 2 is 2.00 bits per heavy atom. The van der Waals surface area contributed by atoms with Gasteiger partial charge in [0.2, 0.25) is 0 Å². The highest BCUT2D eigenvalue weighted by Crippen LogP contribution is 2.24. The standard InChI is InChI=1S/C13H17NO3S/c1-4-14(5-2)13(17)11-8-9(3)10(18-11)6-7-12(15)16/h6-8H,4-5H2,1-3H3,(H,15,16). The minimum atomic E-state index is -0.987. The van der Waals surface area contributed by atoms with E-state index in [1.165, 1.54) is 17.4 Å². The molecule has 0 aromatic carbocycles. The minimum Gasteiger partial charge on any atom is -0.478 e. The summed E-state index contributed by atoms with van der Waals surface area (Å²) in [5.74, 6) is -0.984. The minimum absolute atomic E-state index is 0.00285. The predicted octanol–water partition coefficient (Wildman–Crippen LogP) is 2.64. The number of nitrogens with zero attached hydrogens (tertiary/aromatic N) is 1. The Labute approximate surface area is 111 Å². The van der Waals surface area contributed by atoms with Crippen LogP contribution in [0.4, 0.5) is 0 Å². The number of rotatable bonds is 5. The van der Waals surface area contributed by atoms with E-state index in [-0.39, 0.29) is 5.91 Å². The van der Waals surface area contributed by atoms with Crippen LogP contribution in [0.25, 0.3) is 6.08 Å². The van der Waals surface area contributed by atoms with E-state index in [1.54, 1.807) is 4.90 Å². The molecule has 0 fully saturated rings. The molecule has 5 heteroatoms. The van der Waals surface area contributed by atoms with Crippen LogP contribution in [-0.4, -0.2) is 35.0 Å². The highest BCUT2D eigenvalue weighted by molar-refractivity contribution is 7.15. The summed E-state index contributed by atoms with van der Waals surface area (Å²) in [6.45, 7) is 7.09. The van der Waals surface area contributed by atoms with Crippen molar-refractivity contribution in [2.75, 3.05) is 13.1 Å². The SMILES string of the molecule is CCN(CC)C(=O)c1cc(C)c(C=CC(=O)O)s1. The molecule has 18 heavy (non-hydrogen) atoms. The molecule has 4 nitrogen and oxygen atoms in total. The molecule has 0 atom stereocenters. The first-order valence-corrected chi connectivity index (χ1v) is 6.61. The third kappa shape index (κ3) is 3.43. The molecule has 0 saturated carbocycles. The van der Waals surface area contributed by atoms with Gasteiger partial charge in [0, 0.05) is 24.0 Å². The van der Waals surface area contributed by atoms with E-state index in [1.807, 2.05) is 26.8 Å². The highest BCUT2D eigenvalue weighted by Gasteiger charge is 2.16. The monoisotopic (exact) mass is 267 g/mol. The molecule has 1 rings (SSSR count). The molecular formula is C13H17NO3S. The molecule has 0 aliphatic rings. The van der Waals surface area contributed by atoms with Crippen molar-refractivity contribution < 1.29 is 14.7 Å². The van der Waals surface area contributed by atoms with Gasteiger partial charge in [-0.15, -0.1) is 11.3 Å². The molecule has 0 bridgehead atoms. The predicted molar refractivity (Wildman–Crippen MR) is 73.0 cm³/mol. The van der Waals surface area contributed by atoms with Crippen LogP contribution in [0.3, 0.4) is 0 Å². The van der Waals surface area contributed by atoms with Crippen LogP contribution in [0, 0.1) is 6.92 Å². The topological polar surface area (TPSA) is 57.6 Å². The Balaban J connectivity index is 2.96. The Bertz CT molecular complexity index is 473. The molecule has 1 amide bonds. The number of aryl methyl sites for hydroxylation is 1. The van der Waals surface area contributed by atoms with E-state index in [9.17, 15) is 9.59 Å². The molecule has 1 heterocycles. The number of carboxylic acids is 1. The fraction of sp³-hybridized carbons (Fsp3) is 0.385. The lowest BCUT2D eigenvalue weighted by Gasteiger charge is -2.17. The molecular weight excluding hydrogens is 250 g/mol. The summed E-state index contributed by atoms with van der Waals surface area (Å²) in [4.78, 5) is 25.8. The first-order chi connectivity index (χ1) is 8.49. The van der Waals surface area contributed by atoms with Gasteiger partial charge in [0.1, 0.15) is 0 Å². The number of hydrogen-bond acceptors (Lipinski definition) is 3. The van der Waals surface area contributed by atoms with Crippen molar-refractivity contribution in [3.63, 3.8) is 0 Å². The maximum atomic E-state index is 12.1. The number of carbonyl (C=O) groups is 2. The summed E-state index contributed by atoms with van der Waals surface area (Å²) in [6.07, 6.45) is 2.62. The summed E-state index contributed by atoms with van der Waals surface area (Å²) in [5.41, 5.74) is 0.924. The van der Waals surface area contributed by atoms with Crippen molar-refractivity contribution >= 4 is 29.3 Å². The fourth-order valence-corrected chi connectivity index (χ4v) is 2.63. The zero-order chi connectivity index (χ0) is 13.7. The van der Waals surface area contributed by atoms with Gasteiger partial charge in [-0.3, -0.25) is 4.79 Å². The number of hydrogen-bond donors (Lipinski definition) is 1. The first-order valence-electron chi connectivity index (χ1n) is 5.80. The number of amides is 1. The van der Waals surface area contributed by atoms with Crippen LogP contribution in [0.5, 0.6) is 0 Å². The van der Waals surface area contributed by atoms with Gasteiger partial charge < -0.3 is 10.0 Å². The summed E-state index contributed by atoms with van der Waals surface area (Å²) in [5, 5.41) is 8.59. The van der Waals surface area contributed by atoms with Crippen molar-refractivity contribution in [1.29, 1.82) is 0 Å². The highest BCUT2D eigenvalue weighted by atomic mass is 32.1. The van der Waals surface area contributed by atoms with Crippen LogP contribution in [0.2, 0.25) is 0 Å². The maximum Gasteiger partial charge on any atom is 0.328 e. The van der Waals surface area contributed by atoms with E-state index in [0.717, 1.165) is 16.5 Å². The fourth-order valence-electron chi connectivity index (χ4n) is 1.58. The third-order valence-corrected chi connectivity index (χ3v) is 3.79. The molecule has 0 radical (unpaired) electrons. The Morgan fingerprint density at radius 3 is 2.50 bits per heavy atom. The first kappa shape index (κ1) is 14.4. The lowest BCUT2D eigenvalue weighted by atomic mass is 10.2. The van der Waals surface area contributed by atoms with E-state index < -0.39 is 5.97 Å². The zero-order valence-corrected chi connectivity index (χ0v) is 11.6. The summed E-state index contributed by atoms with van der Waals surface area (Å²) < 4.78 is 0. The van der Waals surface area contributed by atoms with Gasteiger partial charge in [-0.2, -0.15) is 0 Å². The summed E-state index contributed by atoms with van der Waals surface area (Å²) in [6, 6.07) is 1.81. The van der Waals surface area contributed by atoms with E-state index in [4.69, 9.17) is 5.11 Å². The molecule has 0 aliphatic carbocycles. The van der Waals surface area contributed by atoms with Gasteiger partial charge in [0.25, 0.3) is 5.91 Å². The van der Waals surface area contributed by atoms with Crippen LogP contribution in [-0.2, 0) is 4.79 Å².